The molecule has 1 heterocycles. The molecule has 0 saturated carbocycles. The number of hydrogen-bond donors (Lipinski definition) is 2. The number of rotatable bonds is 3. The number of hydrogen-bond acceptors (Lipinski definition) is 2. The van der Waals surface area contributed by atoms with Crippen molar-refractivity contribution >= 4 is 18.3 Å². The van der Waals surface area contributed by atoms with Gasteiger partial charge in [0.05, 0.1) is 11.6 Å². The summed E-state index contributed by atoms with van der Waals surface area (Å²) in [5.41, 5.74) is 2.39. The first-order chi connectivity index (χ1) is 9.75. The summed E-state index contributed by atoms with van der Waals surface area (Å²) in [4.78, 5) is 12.7. The van der Waals surface area contributed by atoms with E-state index in [0.29, 0.717) is 0 Å². The lowest BCUT2D eigenvalue weighted by molar-refractivity contribution is -0.128. The van der Waals surface area contributed by atoms with Crippen molar-refractivity contribution in [3.05, 3.63) is 35.4 Å². The second-order valence-corrected chi connectivity index (χ2v) is 6.08. The van der Waals surface area contributed by atoms with Gasteiger partial charge in [0.1, 0.15) is 0 Å². The lowest BCUT2D eigenvalue weighted by Gasteiger charge is -2.32. The van der Waals surface area contributed by atoms with Crippen LogP contribution in [0.4, 0.5) is 0 Å². The van der Waals surface area contributed by atoms with Gasteiger partial charge in [-0.25, -0.2) is 0 Å². The molecule has 1 saturated heterocycles. The number of carbonyl (C=O) groups is 1. The third-order valence-electron chi connectivity index (χ3n) is 4.96. The molecule has 116 valence electrons. The average Bonchev–Trinajstić information content (AvgIpc) is 2.98. The third-order valence-corrected chi connectivity index (χ3v) is 4.96. The van der Waals surface area contributed by atoms with Crippen LogP contribution in [0.2, 0.25) is 0 Å². The van der Waals surface area contributed by atoms with E-state index in [9.17, 15) is 4.79 Å². The topological polar surface area (TPSA) is 41.1 Å². The van der Waals surface area contributed by atoms with Crippen LogP contribution >= 0.6 is 12.4 Å². The number of halogens is 1. The highest BCUT2D eigenvalue weighted by molar-refractivity contribution is 5.87. The maximum atomic E-state index is 12.7. The van der Waals surface area contributed by atoms with Gasteiger partial charge in [-0.2, -0.15) is 0 Å². The molecular formula is C17H25ClN2O. The van der Waals surface area contributed by atoms with Crippen LogP contribution < -0.4 is 10.6 Å². The number of carbonyl (C=O) groups excluding carboxylic acids is 1. The van der Waals surface area contributed by atoms with Crippen molar-refractivity contribution < 1.29 is 4.79 Å². The van der Waals surface area contributed by atoms with Crippen molar-refractivity contribution in [2.24, 2.45) is 0 Å². The maximum absolute atomic E-state index is 12.7. The zero-order valence-electron chi connectivity index (χ0n) is 12.7. The number of benzene rings is 1. The van der Waals surface area contributed by atoms with E-state index in [4.69, 9.17) is 0 Å². The van der Waals surface area contributed by atoms with E-state index >= 15 is 0 Å². The highest BCUT2D eigenvalue weighted by Crippen LogP contribution is 2.31. The molecule has 2 aliphatic rings. The van der Waals surface area contributed by atoms with Gasteiger partial charge in [0.25, 0.3) is 0 Å². The van der Waals surface area contributed by atoms with Crippen molar-refractivity contribution in [3.63, 3.8) is 0 Å². The molecule has 1 amide bonds. The van der Waals surface area contributed by atoms with Gasteiger partial charge in [-0.05, 0) is 56.2 Å². The summed E-state index contributed by atoms with van der Waals surface area (Å²) in [7, 11) is 0. The third kappa shape index (κ3) is 3.09. The first kappa shape index (κ1) is 16.3. The van der Waals surface area contributed by atoms with E-state index in [1.807, 2.05) is 0 Å². The molecule has 1 aromatic rings. The molecule has 2 N–H and O–H groups in total. The summed E-state index contributed by atoms with van der Waals surface area (Å²) in [5.74, 6) is 0.194. The van der Waals surface area contributed by atoms with Gasteiger partial charge < -0.3 is 10.6 Å². The molecule has 1 aromatic carbocycles. The first-order valence-electron chi connectivity index (χ1n) is 7.89. The smallest absolute Gasteiger partial charge is 0.240 e. The van der Waals surface area contributed by atoms with Gasteiger partial charge in [-0.15, -0.1) is 12.4 Å². The molecule has 0 radical (unpaired) electrons. The number of aryl methyl sites for hydroxylation is 1. The fourth-order valence-electron chi connectivity index (χ4n) is 3.66. The van der Waals surface area contributed by atoms with E-state index in [0.717, 1.165) is 45.1 Å². The highest BCUT2D eigenvalue weighted by atomic mass is 35.5. The van der Waals surface area contributed by atoms with Crippen LogP contribution in [0, 0.1) is 0 Å². The van der Waals surface area contributed by atoms with Crippen LogP contribution in [0.5, 0.6) is 0 Å². The van der Waals surface area contributed by atoms with Gasteiger partial charge in [-0.1, -0.05) is 31.2 Å². The predicted molar refractivity (Wildman–Crippen MR) is 87.8 cm³/mol. The first-order valence-corrected chi connectivity index (χ1v) is 7.89. The molecule has 1 aliphatic carbocycles. The van der Waals surface area contributed by atoms with Crippen LogP contribution in [0.25, 0.3) is 0 Å². The molecule has 3 nitrogen and oxygen atoms in total. The zero-order chi connectivity index (χ0) is 14.0. The van der Waals surface area contributed by atoms with E-state index < -0.39 is 0 Å². The molecule has 1 fully saturated rings. The van der Waals surface area contributed by atoms with Gasteiger partial charge in [0.2, 0.25) is 5.91 Å². The molecule has 2 unspecified atom stereocenters. The number of fused-ring (bicyclic) bond motifs is 1. The molecule has 0 bridgehead atoms. The standard InChI is InChI=1S/C17H24N2O.ClH/c1-2-17(11-6-12-18-17)16(20)19-15-10-5-8-13-7-3-4-9-14(13)15;/h3-4,7,9,15,18H,2,5-6,8,10-12H2,1H3,(H,19,20);1H. The summed E-state index contributed by atoms with van der Waals surface area (Å²) in [6, 6.07) is 8.72. The highest BCUT2D eigenvalue weighted by Gasteiger charge is 2.40. The van der Waals surface area contributed by atoms with Crippen molar-refractivity contribution in [3.8, 4) is 0 Å². The molecule has 0 spiro atoms. The van der Waals surface area contributed by atoms with Crippen LogP contribution in [0.3, 0.4) is 0 Å². The Kier molecular flexibility index (Phi) is 5.28. The zero-order valence-corrected chi connectivity index (χ0v) is 13.5. The van der Waals surface area contributed by atoms with Crippen molar-refractivity contribution in [1.82, 2.24) is 10.6 Å². The van der Waals surface area contributed by atoms with Crippen molar-refractivity contribution in [1.29, 1.82) is 0 Å². The Morgan fingerprint density at radius 1 is 1.38 bits per heavy atom. The van der Waals surface area contributed by atoms with Crippen molar-refractivity contribution in [2.45, 2.75) is 57.0 Å². The SMILES string of the molecule is CCC1(C(=O)NC2CCCc3ccccc32)CCCN1.Cl. The summed E-state index contributed by atoms with van der Waals surface area (Å²) in [6.45, 7) is 3.06. The molecule has 3 rings (SSSR count). The van der Waals surface area contributed by atoms with Crippen LogP contribution in [0.15, 0.2) is 24.3 Å². The summed E-state index contributed by atoms with van der Waals surface area (Å²) < 4.78 is 0. The lowest BCUT2D eigenvalue weighted by Crippen LogP contribution is -2.54. The lowest BCUT2D eigenvalue weighted by atomic mass is 9.86. The Hall–Kier alpha value is -1.06. The Bertz CT molecular complexity index is 497. The largest absolute Gasteiger partial charge is 0.348 e. The van der Waals surface area contributed by atoms with Crippen LogP contribution in [-0.2, 0) is 11.2 Å². The molecule has 0 aromatic heterocycles. The molecule has 21 heavy (non-hydrogen) atoms. The quantitative estimate of drug-likeness (QED) is 0.900. The average molecular weight is 309 g/mol. The van der Waals surface area contributed by atoms with Gasteiger partial charge in [0, 0.05) is 0 Å². The van der Waals surface area contributed by atoms with E-state index in [1.54, 1.807) is 0 Å². The monoisotopic (exact) mass is 308 g/mol. The van der Waals surface area contributed by atoms with Gasteiger partial charge in [-0.3, -0.25) is 4.79 Å². The Morgan fingerprint density at radius 2 is 2.19 bits per heavy atom. The van der Waals surface area contributed by atoms with Crippen LogP contribution in [0.1, 0.15) is 56.2 Å². The molecular weight excluding hydrogens is 284 g/mol. The number of nitrogens with one attached hydrogen (secondary N) is 2. The minimum absolute atomic E-state index is 0. The second-order valence-electron chi connectivity index (χ2n) is 6.08. The predicted octanol–water partition coefficient (Wildman–Crippen LogP) is 3.13. The van der Waals surface area contributed by atoms with E-state index in [1.165, 1.54) is 11.1 Å². The Balaban J connectivity index is 0.00000161. The minimum atomic E-state index is -0.327. The minimum Gasteiger partial charge on any atom is -0.348 e. The summed E-state index contributed by atoms with van der Waals surface area (Å²) in [6.07, 6.45) is 6.29. The maximum Gasteiger partial charge on any atom is 0.240 e. The number of amides is 1. The second kappa shape index (κ2) is 6.80. The van der Waals surface area contributed by atoms with E-state index in [2.05, 4.69) is 41.8 Å². The van der Waals surface area contributed by atoms with Gasteiger partial charge >= 0.3 is 0 Å². The normalized spacial score (nSPS) is 27.6. The van der Waals surface area contributed by atoms with Gasteiger partial charge in [0.15, 0.2) is 0 Å². The van der Waals surface area contributed by atoms with Crippen molar-refractivity contribution in [2.75, 3.05) is 6.54 Å². The molecule has 2 atom stereocenters. The molecule has 1 aliphatic heterocycles. The Labute approximate surface area is 133 Å². The summed E-state index contributed by atoms with van der Waals surface area (Å²) in [5, 5.41) is 6.73. The fraction of sp³-hybridized carbons (Fsp3) is 0.588. The Morgan fingerprint density at radius 3 is 2.90 bits per heavy atom. The fourth-order valence-corrected chi connectivity index (χ4v) is 3.66. The summed E-state index contributed by atoms with van der Waals surface area (Å²) >= 11 is 0. The molecule has 4 heteroatoms. The van der Waals surface area contributed by atoms with Crippen LogP contribution in [-0.4, -0.2) is 18.0 Å². The van der Waals surface area contributed by atoms with E-state index in [-0.39, 0.29) is 29.9 Å².